The average Bonchev–Trinajstić information content (AvgIpc) is 1.39. The van der Waals surface area contributed by atoms with Gasteiger partial charge in [-0.25, -0.2) is 0 Å². The zero-order chi connectivity index (χ0) is 5.41. The first-order chi connectivity index (χ1) is 2.83. The molecule has 0 spiro atoms. The number of hydrogen-bond acceptors (Lipinski definition) is 1. The van der Waals surface area contributed by atoms with Crippen LogP contribution >= 0.6 is 12.6 Å². The second kappa shape index (κ2) is 32.9. The van der Waals surface area contributed by atoms with Crippen LogP contribution in [0.4, 0.5) is 0 Å². The van der Waals surface area contributed by atoms with Crippen LogP contribution in [-0.4, -0.2) is 5.75 Å². The van der Waals surface area contributed by atoms with Crippen LogP contribution in [0.2, 0.25) is 0 Å². The zero-order valence-corrected chi connectivity index (χ0v) is 5.76. The van der Waals surface area contributed by atoms with Crippen molar-refractivity contribution in [3.63, 3.8) is 0 Å². The van der Waals surface area contributed by atoms with Gasteiger partial charge in [0, 0.05) is 0 Å². The van der Waals surface area contributed by atoms with Gasteiger partial charge in [-0.2, -0.15) is 12.6 Å². The van der Waals surface area contributed by atoms with E-state index in [1.54, 1.807) is 0 Å². The molecule has 0 aliphatic carbocycles. The number of rotatable bonds is 0. The molecule has 0 saturated carbocycles. The fraction of sp³-hybridized carbons (Fsp3) is 1.00. The predicted octanol–water partition coefficient (Wildman–Crippen LogP) is 2.99. The second-order valence-electron chi connectivity index (χ2n) is 1.02. The van der Waals surface area contributed by atoms with E-state index in [4.69, 9.17) is 0 Å². The molecule has 0 heterocycles. The molecule has 0 aromatic heterocycles. The van der Waals surface area contributed by atoms with E-state index in [0.717, 1.165) is 5.75 Å². The first kappa shape index (κ1) is 15.7. The number of thiol groups is 1. The van der Waals surface area contributed by atoms with Crippen LogP contribution < -0.4 is 0 Å². The standard InChI is InChI=1S/C3H8.C2H6S.CH4/c1-3-2;1-2-3;/h3H2,1-2H3;3H,2H2,1H3;1H4. The smallest absolute Gasteiger partial charge is 0.0126 e. The van der Waals surface area contributed by atoms with Gasteiger partial charge in [0.1, 0.15) is 0 Å². The highest BCUT2D eigenvalue weighted by atomic mass is 32.1. The lowest BCUT2D eigenvalue weighted by Gasteiger charge is -1.48. The summed E-state index contributed by atoms with van der Waals surface area (Å²) in [6.45, 7) is 6.24. The Kier molecular flexibility index (Phi) is 73.6. The van der Waals surface area contributed by atoms with Crippen molar-refractivity contribution in [2.75, 3.05) is 5.75 Å². The minimum Gasteiger partial charge on any atom is -0.180 e. The summed E-state index contributed by atoms with van der Waals surface area (Å²) < 4.78 is 0. The third-order valence-electron chi connectivity index (χ3n) is 0. The van der Waals surface area contributed by atoms with Crippen molar-refractivity contribution in [2.45, 2.75) is 34.6 Å². The molecule has 0 aromatic carbocycles. The lowest BCUT2D eigenvalue weighted by Crippen LogP contribution is -1.36. The molecule has 0 aliphatic rings. The third-order valence-corrected chi connectivity index (χ3v) is 0. The molecule has 0 atom stereocenters. The Bertz CT molecular complexity index is 6.14. The van der Waals surface area contributed by atoms with Crippen molar-refractivity contribution in [2.24, 2.45) is 0 Å². The molecular formula is C6H18S. The lowest BCUT2D eigenvalue weighted by atomic mass is 10.6. The molecule has 7 heavy (non-hydrogen) atoms. The Morgan fingerprint density at radius 1 is 1.14 bits per heavy atom. The van der Waals surface area contributed by atoms with Crippen molar-refractivity contribution in [3.05, 3.63) is 0 Å². The summed E-state index contributed by atoms with van der Waals surface area (Å²) in [5.74, 6) is 0.944. The van der Waals surface area contributed by atoms with E-state index in [0.29, 0.717) is 0 Å². The molecule has 0 N–H and O–H groups in total. The van der Waals surface area contributed by atoms with Gasteiger partial charge < -0.3 is 0 Å². The van der Waals surface area contributed by atoms with E-state index in [9.17, 15) is 0 Å². The molecule has 0 unspecified atom stereocenters. The van der Waals surface area contributed by atoms with E-state index in [2.05, 4.69) is 26.5 Å². The topological polar surface area (TPSA) is 0 Å². The van der Waals surface area contributed by atoms with E-state index in [1.807, 2.05) is 6.92 Å². The van der Waals surface area contributed by atoms with Gasteiger partial charge in [-0.05, 0) is 5.75 Å². The molecule has 0 bridgehead atoms. The molecule has 48 valence electrons. The Morgan fingerprint density at radius 2 is 1.14 bits per heavy atom. The quantitative estimate of drug-likeness (QED) is 0.469. The summed E-state index contributed by atoms with van der Waals surface area (Å²) in [5, 5.41) is 0. The monoisotopic (exact) mass is 122 g/mol. The molecule has 0 rings (SSSR count). The van der Waals surface area contributed by atoms with E-state index in [-0.39, 0.29) is 7.43 Å². The van der Waals surface area contributed by atoms with Gasteiger partial charge in [0.2, 0.25) is 0 Å². The van der Waals surface area contributed by atoms with Gasteiger partial charge in [-0.15, -0.1) is 0 Å². The highest BCUT2D eigenvalue weighted by molar-refractivity contribution is 7.80. The van der Waals surface area contributed by atoms with Gasteiger partial charge in [0.15, 0.2) is 0 Å². The molecule has 1 heteroatoms. The van der Waals surface area contributed by atoms with Crippen LogP contribution in [0.25, 0.3) is 0 Å². The Labute approximate surface area is 53.7 Å². The Balaban J connectivity index is -0.0000000400. The maximum atomic E-state index is 3.79. The highest BCUT2D eigenvalue weighted by Crippen LogP contribution is 1.58. The Hall–Kier alpha value is 0.350. The van der Waals surface area contributed by atoms with Crippen molar-refractivity contribution in [1.82, 2.24) is 0 Å². The first-order valence-corrected chi connectivity index (χ1v) is 3.07. The molecule has 0 saturated heterocycles. The summed E-state index contributed by atoms with van der Waals surface area (Å²) in [7, 11) is 0. The van der Waals surface area contributed by atoms with Crippen molar-refractivity contribution < 1.29 is 0 Å². The van der Waals surface area contributed by atoms with Gasteiger partial charge in [0.25, 0.3) is 0 Å². The molecule has 0 fully saturated rings. The zero-order valence-electron chi connectivity index (χ0n) is 4.86. The van der Waals surface area contributed by atoms with Crippen LogP contribution in [0.1, 0.15) is 34.6 Å². The molecule has 0 aromatic rings. The third kappa shape index (κ3) is 981. The normalized spacial score (nSPS) is 5.14. The summed E-state index contributed by atoms with van der Waals surface area (Å²) in [6.07, 6.45) is 1.25. The molecule has 0 amide bonds. The minimum absolute atomic E-state index is 0. The first-order valence-electron chi connectivity index (χ1n) is 2.44. The molecule has 0 radical (unpaired) electrons. The fourth-order valence-electron chi connectivity index (χ4n) is 0. The average molecular weight is 122 g/mol. The van der Waals surface area contributed by atoms with Crippen LogP contribution in [0.3, 0.4) is 0 Å². The van der Waals surface area contributed by atoms with Crippen LogP contribution in [0.15, 0.2) is 0 Å². The van der Waals surface area contributed by atoms with Crippen molar-refractivity contribution in [1.29, 1.82) is 0 Å². The summed E-state index contributed by atoms with van der Waals surface area (Å²) in [5.41, 5.74) is 0. The Morgan fingerprint density at radius 3 is 1.14 bits per heavy atom. The fourth-order valence-corrected chi connectivity index (χ4v) is 0. The van der Waals surface area contributed by atoms with E-state index >= 15 is 0 Å². The molecular weight excluding hydrogens is 104 g/mol. The highest BCUT2D eigenvalue weighted by Gasteiger charge is 1.35. The van der Waals surface area contributed by atoms with Gasteiger partial charge in [-0.1, -0.05) is 34.6 Å². The summed E-state index contributed by atoms with van der Waals surface area (Å²) in [4.78, 5) is 0. The second-order valence-corrected chi connectivity index (χ2v) is 1.66. The maximum Gasteiger partial charge on any atom is -0.0126 e. The minimum atomic E-state index is 0. The molecule has 0 nitrogen and oxygen atoms in total. The maximum absolute atomic E-state index is 3.79. The van der Waals surface area contributed by atoms with Crippen LogP contribution in [0.5, 0.6) is 0 Å². The van der Waals surface area contributed by atoms with Crippen molar-refractivity contribution in [3.8, 4) is 0 Å². The van der Waals surface area contributed by atoms with Crippen molar-refractivity contribution >= 4 is 12.6 Å². The van der Waals surface area contributed by atoms with Crippen LogP contribution in [0, 0.1) is 0 Å². The summed E-state index contributed by atoms with van der Waals surface area (Å²) >= 11 is 3.79. The van der Waals surface area contributed by atoms with Gasteiger partial charge >= 0.3 is 0 Å². The lowest BCUT2D eigenvalue weighted by molar-refractivity contribution is 1.09. The largest absolute Gasteiger partial charge is 0.180 e. The van der Waals surface area contributed by atoms with Crippen LogP contribution in [-0.2, 0) is 0 Å². The van der Waals surface area contributed by atoms with Gasteiger partial charge in [-0.3, -0.25) is 0 Å². The predicted molar refractivity (Wildman–Crippen MR) is 42.2 cm³/mol. The summed E-state index contributed by atoms with van der Waals surface area (Å²) in [6, 6.07) is 0. The van der Waals surface area contributed by atoms with E-state index in [1.165, 1.54) is 6.42 Å². The SMILES string of the molecule is C.CCC.CCS. The molecule has 0 aliphatic heterocycles. The van der Waals surface area contributed by atoms with E-state index < -0.39 is 0 Å². The number of hydrogen-bond donors (Lipinski definition) is 1. The van der Waals surface area contributed by atoms with Gasteiger partial charge in [0.05, 0.1) is 0 Å².